The number of fused-ring (bicyclic) bond motifs is 1. The van der Waals surface area contributed by atoms with Gasteiger partial charge in [-0.25, -0.2) is 18.4 Å². The Morgan fingerprint density at radius 2 is 1.77 bits per heavy atom. The van der Waals surface area contributed by atoms with Crippen LogP contribution in [0.5, 0.6) is 0 Å². The molecule has 2 heterocycles. The highest BCUT2D eigenvalue weighted by molar-refractivity contribution is 7.92. The van der Waals surface area contributed by atoms with Crippen LogP contribution in [-0.4, -0.2) is 28.7 Å². The molecule has 35 heavy (non-hydrogen) atoms. The molecule has 0 radical (unpaired) electrons. The van der Waals surface area contributed by atoms with Crippen molar-refractivity contribution in [2.24, 2.45) is 0 Å². The molecule has 2 aromatic heterocycles. The Morgan fingerprint density at radius 1 is 1.03 bits per heavy atom. The maximum Gasteiger partial charge on any atom is 0.263 e. The standard InChI is InChI=1S/C24H21Cl2N5O3S/c25-17-9-5-11-19(21(17)26)35(33,34)30-18-10-4-3-8-15(18)22(32)16-12-31(14-6-1-2-7-14)24-20(16)23(27)28-13-29-24/h3-5,8-14,30H,1-2,6-7H2,(H2,27,28,29). The fourth-order valence-corrected chi connectivity index (χ4v) is 6.39. The predicted molar refractivity (Wildman–Crippen MR) is 137 cm³/mol. The fourth-order valence-electron chi connectivity index (χ4n) is 4.55. The number of carbonyl (C=O) groups is 1. The van der Waals surface area contributed by atoms with Gasteiger partial charge < -0.3 is 10.3 Å². The molecule has 4 aromatic rings. The number of carbonyl (C=O) groups excluding carboxylic acids is 1. The molecule has 0 bridgehead atoms. The number of nitrogens with zero attached hydrogens (tertiary/aromatic N) is 3. The van der Waals surface area contributed by atoms with E-state index in [2.05, 4.69) is 14.7 Å². The second-order valence-corrected chi connectivity index (χ2v) is 10.8. The lowest BCUT2D eigenvalue weighted by molar-refractivity contribution is 0.104. The number of nitrogens with two attached hydrogens (primary N) is 1. The minimum Gasteiger partial charge on any atom is -0.383 e. The van der Waals surface area contributed by atoms with E-state index in [0.29, 0.717) is 16.6 Å². The van der Waals surface area contributed by atoms with Crippen molar-refractivity contribution >= 4 is 61.5 Å². The third kappa shape index (κ3) is 4.24. The van der Waals surface area contributed by atoms with Crippen molar-refractivity contribution in [1.82, 2.24) is 14.5 Å². The molecule has 5 rings (SSSR count). The van der Waals surface area contributed by atoms with E-state index in [9.17, 15) is 13.2 Å². The van der Waals surface area contributed by atoms with E-state index in [4.69, 9.17) is 28.9 Å². The molecule has 11 heteroatoms. The molecule has 2 aromatic carbocycles. The average molecular weight is 530 g/mol. The maximum atomic E-state index is 13.8. The van der Waals surface area contributed by atoms with E-state index in [-0.39, 0.29) is 38.1 Å². The van der Waals surface area contributed by atoms with Crippen LogP contribution in [0.3, 0.4) is 0 Å². The highest BCUT2D eigenvalue weighted by Gasteiger charge is 2.28. The second-order valence-electron chi connectivity index (χ2n) is 8.38. The molecule has 3 N–H and O–H groups in total. The van der Waals surface area contributed by atoms with Gasteiger partial charge in [-0.1, -0.05) is 54.2 Å². The molecule has 1 fully saturated rings. The zero-order valence-electron chi connectivity index (χ0n) is 18.4. The molecule has 1 aliphatic rings. The number of aromatic nitrogens is 3. The first kappa shape index (κ1) is 23.6. The summed E-state index contributed by atoms with van der Waals surface area (Å²) in [6, 6.07) is 10.9. The van der Waals surface area contributed by atoms with Crippen LogP contribution >= 0.6 is 23.2 Å². The Kier molecular flexibility index (Phi) is 6.16. The third-order valence-corrected chi connectivity index (χ3v) is 8.56. The third-order valence-electron chi connectivity index (χ3n) is 6.22. The van der Waals surface area contributed by atoms with Crippen LogP contribution in [0.4, 0.5) is 11.5 Å². The monoisotopic (exact) mass is 529 g/mol. The Labute approximate surface area is 212 Å². The number of rotatable bonds is 6. The van der Waals surface area contributed by atoms with Gasteiger partial charge in [0.1, 0.15) is 22.7 Å². The van der Waals surface area contributed by atoms with Crippen LogP contribution in [0.1, 0.15) is 47.6 Å². The van der Waals surface area contributed by atoms with Crippen molar-refractivity contribution in [2.75, 3.05) is 10.5 Å². The average Bonchev–Trinajstić information content (AvgIpc) is 3.49. The molecular weight excluding hydrogens is 509 g/mol. The number of nitrogen functional groups attached to an aromatic ring is 1. The molecule has 0 spiro atoms. The van der Waals surface area contributed by atoms with Gasteiger partial charge in [0, 0.05) is 17.8 Å². The van der Waals surface area contributed by atoms with Crippen LogP contribution in [0.2, 0.25) is 10.0 Å². The van der Waals surface area contributed by atoms with Gasteiger partial charge in [0.25, 0.3) is 10.0 Å². The number of ketones is 1. The van der Waals surface area contributed by atoms with Crippen molar-refractivity contribution in [1.29, 1.82) is 0 Å². The minimum absolute atomic E-state index is 0.102. The van der Waals surface area contributed by atoms with E-state index < -0.39 is 15.8 Å². The predicted octanol–water partition coefficient (Wildman–Crippen LogP) is 5.47. The second kappa shape index (κ2) is 9.14. The summed E-state index contributed by atoms with van der Waals surface area (Å²) < 4.78 is 30.7. The van der Waals surface area contributed by atoms with Gasteiger partial charge in [-0.15, -0.1) is 0 Å². The van der Waals surface area contributed by atoms with E-state index in [1.807, 2.05) is 4.57 Å². The molecule has 0 amide bonds. The number of anilines is 2. The summed E-state index contributed by atoms with van der Waals surface area (Å²) in [7, 11) is -4.14. The van der Waals surface area contributed by atoms with Crippen LogP contribution in [-0.2, 0) is 10.0 Å². The normalized spacial score (nSPS) is 14.5. The zero-order valence-corrected chi connectivity index (χ0v) is 20.7. The number of hydrogen-bond acceptors (Lipinski definition) is 6. The maximum absolute atomic E-state index is 13.8. The van der Waals surface area contributed by atoms with Crippen molar-refractivity contribution in [3.8, 4) is 0 Å². The van der Waals surface area contributed by atoms with Gasteiger partial charge in [0.15, 0.2) is 5.78 Å². The smallest absolute Gasteiger partial charge is 0.263 e. The Bertz CT molecular complexity index is 1560. The van der Waals surface area contributed by atoms with E-state index in [1.165, 1.54) is 30.6 Å². The first-order valence-electron chi connectivity index (χ1n) is 11.0. The first-order chi connectivity index (χ1) is 16.8. The summed E-state index contributed by atoms with van der Waals surface area (Å²) >= 11 is 12.1. The van der Waals surface area contributed by atoms with Gasteiger partial charge >= 0.3 is 0 Å². The van der Waals surface area contributed by atoms with Crippen LogP contribution in [0.25, 0.3) is 11.0 Å². The fraction of sp³-hybridized carbons (Fsp3) is 0.208. The lowest BCUT2D eigenvalue weighted by Gasteiger charge is -2.13. The molecule has 1 aliphatic carbocycles. The number of nitrogens with one attached hydrogen (secondary N) is 1. The molecule has 8 nitrogen and oxygen atoms in total. The summed E-state index contributed by atoms with van der Waals surface area (Å²) in [4.78, 5) is 22.1. The van der Waals surface area contributed by atoms with Crippen molar-refractivity contribution in [3.63, 3.8) is 0 Å². The van der Waals surface area contributed by atoms with E-state index in [1.54, 1.807) is 24.4 Å². The Balaban J connectivity index is 1.59. The van der Waals surface area contributed by atoms with Crippen LogP contribution < -0.4 is 10.5 Å². The summed E-state index contributed by atoms with van der Waals surface area (Å²) in [5, 5.41) is 0.462. The largest absolute Gasteiger partial charge is 0.383 e. The topological polar surface area (TPSA) is 120 Å². The summed E-state index contributed by atoms with van der Waals surface area (Å²) in [5.41, 5.74) is 7.35. The van der Waals surface area contributed by atoms with Gasteiger partial charge in [0.2, 0.25) is 0 Å². The highest BCUT2D eigenvalue weighted by atomic mass is 35.5. The van der Waals surface area contributed by atoms with Gasteiger partial charge in [0.05, 0.1) is 26.7 Å². The van der Waals surface area contributed by atoms with Crippen LogP contribution in [0.15, 0.2) is 59.9 Å². The van der Waals surface area contributed by atoms with E-state index in [0.717, 1.165) is 25.7 Å². The number of benzene rings is 2. The van der Waals surface area contributed by atoms with Crippen molar-refractivity contribution in [2.45, 2.75) is 36.6 Å². The number of hydrogen-bond donors (Lipinski definition) is 2. The van der Waals surface area contributed by atoms with Gasteiger partial charge in [-0.3, -0.25) is 9.52 Å². The molecule has 0 atom stereocenters. The highest BCUT2D eigenvalue weighted by Crippen LogP contribution is 2.36. The summed E-state index contributed by atoms with van der Waals surface area (Å²) in [5.74, 6) is -0.206. The first-order valence-corrected chi connectivity index (χ1v) is 13.2. The summed E-state index contributed by atoms with van der Waals surface area (Å²) in [6.07, 6.45) is 7.31. The van der Waals surface area contributed by atoms with Crippen LogP contribution in [0, 0.1) is 0 Å². The number of sulfonamides is 1. The molecule has 0 unspecified atom stereocenters. The summed E-state index contributed by atoms with van der Waals surface area (Å²) in [6.45, 7) is 0. The van der Waals surface area contributed by atoms with Gasteiger partial charge in [-0.05, 0) is 37.1 Å². The lowest BCUT2D eigenvalue weighted by atomic mass is 10.0. The lowest BCUT2D eigenvalue weighted by Crippen LogP contribution is -2.16. The SMILES string of the molecule is Nc1ncnc2c1c(C(=O)c1ccccc1NS(=O)(=O)c1cccc(Cl)c1Cl)cn2C1CCCC1. The number of para-hydroxylation sites is 1. The molecule has 0 aliphatic heterocycles. The van der Waals surface area contributed by atoms with Gasteiger partial charge in [-0.2, -0.15) is 0 Å². The van der Waals surface area contributed by atoms with Crippen molar-refractivity contribution in [3.05, 3.63) is 76.2 Å². The molecule has 0 saturated heterocycles. The zero-order chi connectivity index (χ0) is 24.7. The molecule has 1 saturated carbocycles. The molecular formula is C24H21Cl2N5O3S. The minimum atomic E-state index is -4.14. The molecule has 180 valence electrons. The van der Waals surface area contributed by atoms with E-state index >= 15 is 0 Å². The Hall–Kier alpha value is -3.14. The quantitative estimate of drug-likeness (QED) is 0.319. The Morgan fingerprint density at radius 3 is 2.54 bits per heavy atom. The number of halogens is 2. The van der Waals surface area contributed by atoms with Crippen molar-refractivity contribution < 1.29 is 13.2 Å².